The van der Waals surface area contributed by atoms with E-state index >= 15 is 0 Å². The summed E-state index contributed by atoms with van der Waals surface area (Å²) in [6.45, 7) is 4.99. The minimum atomic E-state index is 0.350. The molecule has 2 aromatic rings. The molecule has 5 heteroatoms. The fourth-order valence-corrected chi connectivity index (χ4v) is 5.23. The first-order valence-corrected chi connectivity index (χ1v) is 8.93. The molecule has 2 N–H and O–H groups in total. The van der Waals surface area contributed by atoms with Gasteiger partial charge in [0.25, 0.3) is 0 Å². The van der Waals surface area contributed by atoms with Crippen LogP contribution in [-0.4, -0.2) is 18.0 Å². The Balaban J connectivity index is 1.84. The van der Waals surface area contributed by atoms with Gasteiger partial charge in [0.15, 0.2) is 0 Å². The minimum Gasteiger partial charge on any atom is -0.329 e. The fraction of sp³-hybridized carbons (Fsp3) is 0.429. The van der Waals surface area contributed by atoms with Crippen LogP contribution in [-0.2, 0) is 13.0 Å². The standard InChI is InChI=1S/C14H17BrN2S2/c1-9-11(15)6-14(19-9)12(7-16)17-4-2-13-10(8-17)3-5-18-13/h3,5-6,12H,2,4,7-8,16H2,1H3. The van der Waals surface area contributed by atoms with E-state index in [4.69, 9.17) is 5.73 Å². The molecule has 0 aliphatic carbocycles. The molecule has 0 amide bonds. The van der Waals surface area contributed by atoms with Gasteiger partial charge in [0.05, 0.1) is 6.04 Å². The molecule has 1 unspecified atom stereocenters. The van der Waals surface area contributed by atoms with Gasteiger partial charge in [0, 0.05) is 38.7 Å². The Morgan fingerprint density at radius 3 is 3.05 bits per heavy atom. The lowest BCUT2D eigenvalue weighted by Gasteiger charge is -2.33. The van der Waals surface area contributed by atoms with E-state index in [1.54, 1.807) is 4.88 Å². The molecule has 0 aromatic carbocycles. The second kappa shape index (κ2) is 5.66. The molecular formula is C14H17BrN2S2. The van der Waals surface area contributed by atoms with Crippen LogP contribution in [0, 0.1) is 6.92 Å². The minimum absolute atomic E-state index is 0.350. The first kappa shape index (κ1) is 13.8. The van der Waals surface area contributed by atoms with E-state index in [-0.39, 0.29) is 0 Å². The van der Waals surface area contributed by atoms with Crippen LogP contribution in [0.15, 0.2) is 22.0 Å². The number of hydrogen-bond acceptors (Lipinski definition) is 4. The normalized spacial score (nSPS) is 17.4. The zero-order valence-corrected chi connectivity index (χ0v) is 14.1. The Morgan fingerprint density at radius 2 is 2.37 bits per heavy atom. The van der Waals surface area contributed by atoms with E-state index in [1.165, 1.54) is 19.8 Å². The summed E-state index contributed by atoms with van der Waals surface area (Å²) >= 11 is 7.35. The van der Waals surface area contributed by atoms with E-state index in [0.717, 1.165) is 19.5 Å². The third-order valence-electron chi connectivity index (χ3n) is 3.71. The molecule has 102 valence electrons. The monoisotopic (exact) mass is 356 g/mol. The lowest BCUT2D eigenvalue weighted by molar-refractivity contribution is 0.187. The van der Waals surface area contributed by atoms with Gasteiger partial charge in [-0.1, -0.05) is 0 Å². The van der Waals surface area contributed by atoms with Crippen molar-refractivity contribution >= 4 is 38.6 Å². The maximum Gasteiger partial charge on any atom is 0.0567 e. The Hall–Kier alpha value is -0.200. The molecule has 2 nitrogen and oxygen atoms in total. The van der Waals surface area contributed by atoms with Gasteiger partial charge in [-0.15, -0.1) is 22.7 Å². The molecule has 0 spiro atoms. The quantitative estimate of drug-likeness (QED) is 0.902. The van der Waals surface area contributed by atoms with Crippen LogP contribution < -0.4 is 5.73 Å². The molecule has 2 aromatic heterocycles. The predicted molar refractivity (Wildman–Crippen MR) is 87.0 cm³/mol. The van der Waals surface area contributed by atoms with Crippen molar-refractivity contribution in [1.29, 1.82) is 0 Å². The SMILES string of the molecule is Cc1sc(C(CN)N2CCc3sccc3C2)cc1Br. The Morgan fingerprint density at radius 1 is 1.53 bits per heavy atom. The van der Waals surface area contributed by atoms with Gasteiger partial charge in [-0.25, -0.2) is 0 Å². The van der Waals surface area contributed by atoms with Gasteiger partial charge in [0.2, 0.25) is 0 Å². The third-order valence-corrected chi connectivity index (χ3v) is 6.97. The van der Waals surface area contributed by atoms with Crippen LogP contribution in [0.4, 0.5) is 0 Å². The van der Waals surface area contributed by atoms with Crippen LogP contribution in [0.25, 0.3) is 0 Å². The number of aryl methyl sites for hydroxylation is 1. The lowest BCUT2D eigenvalue weighted by Crippen LogP contribution is -2.36. The number of thiophene rings is 2. The summed E-state index contributed by atoms with van der Waals surface area (Å²) in [7, 11) is 0. The van der Waals surface area contributed by atoms with Gasteiger partial charge < -0.3 is 5.73 Å². The number of halogens is 1. The summed E-state index contributed by atoms with van der Waals surface area (Å²) in [4.78, 5) is 6.79. The van der Waals surface area contributed by atoms with Crippen LogP contribution in [0.3, 0.4) is 0 Å². The first-order valence-electron chi connectivity index (χ1n) is 6.44. The maximum atomic E-state index is 6.04. The second-order valence-electron chi connectivity index (χ2n) is 4.89. The molecule has 1 aliphatic rings. The van der Waals surface area contributed by atoms with E-state index in [1.807, 2.05) is 22.7 Å². The lowest BCUT2D eigenvalue weighted by atomic mass is 10.1. The van der Waals surface area contributed by atoms with Crippen LogP contribution in [0.2, 0.25) is 0 Å². The van der Waals surface area contributed by atoms with Crippen molar-refractivity contribution in [2.75, 3.05) is 13.1 Å². The molecule has 1 atom stereocenters. The highest BCUT2D eigenvalue weighted by Crippen LogP contribution is 2.35. The zero-order chi connectivity index (χ0) is 13.4. The number of nitrogens with zero attached hydrogens (tertiary/aromatic N) is 1. The number of fused-ring (bicyclic) bond motifs is 1. The van der Waals surface area contributed by atoms with Gasteiger partial charge in [0.1, 0.15) is 0 Å². The van der Waals surface area contributed by atoms with E-state index in [0.29, 0.717) is 12.6 Å². The topological polar surface area (TPSA) is 29.3 Å². The molecule has 19 heavy (non-hydrogen) atoms. The van der Waals surface area contributed by atoms with E-state index < -0.39 is 0 Å². The zero-order valence-electron chi connectivity index (χ0n) is 10.9. The molecule has 0 saturated carbocycles. The van der Waals surface area contributed by atoms with Crippen LogP contribution in [0.5, 0.6) is 0 Å². The van der Waals surface area contributed by atoms with Crippen LogP contribution in [0.1, 0.15) is 26.2 Å². The van der Waals surface area contributed by atoms with Crippen molar-refractivity contribution in [3.05, 3.63) is 42.2 Å². The molecule has 3 rings (SSSR count). The average molecular weight is 357 g/mol. The third kappa shape index (κ3) is 2.67. The van der Waals surface area contributed by atoms with Gasteiger partial charge in [-0.3, -0.25) is 4.90 Å². The summed E-state index contributed by atoms with van der Waals surface area (Å²) in [6.07, 6.45) is 1.16. The van der Waals surface area contributed by atoms with Crippen molar-refractivity contribution in [1.82, 2.24) is 4.90 Å². The summed E-state index contributed by atoms with van der Waals surface area (Å²) in [5.41, 5.74) is 7.53. The molecule has 0 fully saturated rings. The summed E-state index contributed by atoms with van der Waals surface area (Å²) < 4.78 is 1.21. The summed E-state index contributed by atoms with van der Waals surface area (Å²) in [6, 6.07) is 4.85. The number of hydrogen-bond donors (Lipinski definition) is 1. The van der Waals surface area contributed by atoms with Gasteiger partial charge in [-0.05, 0) is 52.4 Å². The van der Waals surface area contributed by atoms with E-state index in [2.05, 4.69) is 45.3 Å². The number of nitrogens with two attached hydrogens (primary N) is 1. The first-order chi connectivity index (χ1) is 9.19. The van der Waals surface area contributed by atoms with Gasteiger partial charge in [-0.2, -0.15) is 0 Å². The molecule has 0 bridgehead atoms. The molecule has 1 aliphatic heterocycles. The molecule has 0 saturated heterocycles. The largest absolute Gasteiger partial charge is 0.329 e. The number of rotatable bonds is 3. The van der Waals surface area contributed by atoms with Gasteiger partial charge >= 0.3 is 0 Å². The highest BCUT2D eigenvalue weighted by Gasteiger charge is 2.25. The Bertz CT molecular complexity index is 556. The van der Waals surface area contributed by atoms with Crippen molar-refractivity contribution in [2.45, 2.75) is 25.9 Å². The second-order valence-corrected chi connectivity index (χ2v) is 8.04. The molecular weight excluding hydrogens is 340 g/mol. The van der Waals surface area contributed by atoms with Crippen molar-refractivity contribution < 1.29 is 0 Å². The molecule has 0 radical (unpaired) electrons. The highest BCUT2D eigenvalue weighted by atomic mass is 79.9. The maximum absolute atomic E-state index is 6.04. The predicted octanol–water partition coefficient (Wildman–Crippen LogP) is 3.94. The summed E-state index contributed by atoms with van der Waals surface area (Å²) in [5, 5.41) is 2.21. The van der Waals surface area contributed by atoms with Crippen molar-refractivity contribution in [3.63, 3.8) is 0 Å². The van der Waals surface area contributed by atoms with Crippen molar-refractivity contribution in [2.24, 2.45) is 5.73 Å². The smallest absolute Gasteiger partial charge is 0.0567 e. The highest BCUT2D eigenvalue weighted by molar-refractivity contribution is 9.10. The fourth-order valence-electron chi connectivity index (χ4n) is 2.63. The Kier molecular flexibility index (Phi) is 4.10. The molecule has 3 heterocycles. The van der Waals surface area contributed by atoms with Crippen molar-refractivity contribution in [3.8, 4) is 0 Å². The summed E-state index contributed by atoms with van der Waals surface area (Å²) in [5.74, 6) is 0. The Labute approximate surface area is 130 Å². The average Bonchev–Trinajstić information content (AvgIpc) is 2.98. The van der Waals surface area contributed by atoms with E-state index in [9.17, 15) is 0 Å². The van der Waals surface area contributed by atoms with Crippen LogP contribution >= 0.6 is 38.6 Å².